The first-order chi connectivity index (χ1) is 4.13. The molecule has 0 aromatic heterocycles. The molecular weight excluding hydrogens is 132 g/mol. The lowest BCUT2D eigenvalue weighted by atomic mass is 11.2. The Balaban J connectivity index is 3.10. The van der Waals surface area contributed by atoms with Crippen LogP contribution < -0.4 is 10.9 Å². The van der Waals surface area contributed by atoms with E-state index in [-0.39, 0.29) is 0 Å². The van der Waals surface area contributed by atoms with Gasteiger partial charge in [-0.05, 0) is 0 Å². The Morgan fingerprint density at radius 3 is 1.67 bits per heavy atom. The predicted octanol–water partition coefficient (Wildman–Crippen LogP) is -1.49. The highest BCUT2D eigenvalue weighted by Gasteiger charge is 1.95. The number of nitrogens with zero attached hydrogens (tertiary/aromatic N) is 2. The SMILES string of the molecule is O=[N+]([O-])NCN[N+](=O)[O-]. The Bertz CT molecular complexity index is 108. The molecule has 0 rings (SSSR count). The van der Waals surface area contributed by atoms with Gasteiger partial charge in [0.15, 0.2) is 10.1 Å². The molecule has 0 unspecified atom stereocenters. The van der Waals surface area contributed by atoms with Crippen LogP contribution in [-0.4, -0.2) is 16.7 Å². The van der Waals surface area contributed by atoms with Crippen LogP contribution in [0.1, 0.15) is 0 Å². The van der Waals surface area contributed by atoms with Crippen LogP contribution in [0, 0.1) is 20.2 Å². The molecule has 0 saturated carbocycles. The third-order valence-corrected chi connectivity index (χ3v) is 0.416. The van der Waals surface area contributed by atoms with Crippen molar-refractivity contribution < 1.29 is 10.1 Å². The maximum atomic E-state index is 9.41. The van der Waals surface area contributed by atoms with E-state index in [0.717, 1.165) is 0 Å². The summed E-state index contributed by atoms with van der Waals surface area (Å²) in [5.41, 5.74) is 3.09. The molecule has 0 spiro atoms. The van der Waals surface area contributed by atoms with Gasteiger partial charge in [-0.15, -0.1) is 10.9 Å². The average Bonchev–Trinajstić information content (AvgIpc) is 1.63. The van der Waals surface area contributed by atoms with Crippen molar-refractivity contribution in [2.45, 2.75) is 0 Å². The van der Waals surface area contributed by atoms with E-state index in [1.54, 1.807) is 10.9 Å². The third-order valence-electron chi connectivity index (χ3n) is 0.416. The molecule has 0 fully saturated rings. The van der Waals surface area contributed by atoms with Crippen LogP contribution >= 0.6 is 0 Å². The first kappa shape index (κ1) is 7.40. The maximum Gasteiger partial charge on any atom is 0.201 e. The monoisotopic (exact) mass is 136 g/mol. The predicted molar refractivity (Wildman–Crippen MR) is 25.1 cm³/mol. The number of hydrogen-bond donors (Lipinski definition) is 2. The van der Waals surface area contributed by atoms with Crippen molar-refractivity contribution in [3.8, 4) is 0 Å². The normalized spacial score (nSPS) is 8.00. The van der Waals surface area contributed by atoms with Crippen LogP contribution in [-0.2, 0) is 0 Å². The van der Waals surface area contributed by atoms with Crippen LogP contribution in [0.5, 0.6) is 0 Å². The number of hydrazine groups is 2. The minimum Gasteiger partial charge on any atom is -0.235 e. The van der Waals surface area contributed by atoms with E-state index >= 15 is 0 Å². The highest BCUT2D eigenvalue weighted by Crippen LogP contribution is 1.55. The molecule has 8 nitrogen and oxygen atoms in total. The topological polar surface area (TPSA) is 110 Å². The highest BCUT2D eigenvalue weighted by atomic mass is 16.7. The number of nitro groups is 2. The lowest BCUT2D eigenvalue weighted by Crippen LogP contribution is -2.36. The summed E-state index contributed by atoms with van der Waals surface area (Å²) in [6, 6.07) is 0. The van der Waals surface area contributed by atoms with Crippen LogP contribution in [0.3, 0.4) is 0 Å². The van der Waals surface area contributed by atoms with Gasteiger partial charge >= 0.3 is 0 Å². The Labute approximate surface area is 49.1 Å². The minimum absolute atomic E-state index is 0.486. The van der Waals surface area contributed by atoms with Gasteiger partial charge in [0.25, 0.3) is 0 Å². The summed E-state index contributed by atoms with van der Waals surface area (Å²) < 4.78 is 0. The second-order valence-electron chi connectivity index (χ2n) is 1.01. The van der Waals surface area contributed by atoms with E-state index in [0.29, 0.717) is 0 Å². The lowest BCUT2D eigenvalue weighted by Gasteiger charge is -1.91. The van der Waals surface area contributed by atoms with Gasteiger partial charge in [-0.1, -0.05) is 0 Å². The average molecular weight is 136 g/mol. The molecule has 9 heavy (non-hydrogen) atoms. The zero-order valence-corrected chi connectivity index (χ0v) is 4.23. The second-order valence-corrected chi connectivity index (χ2v) is 1.01. The Morgan fingerprint density at radius 2 is 1.44 bits per heavy atom. The summed E-state index contributed by atoms with van der Waals surface area (Å²) in [6.45, 7) is -0.486. The van der Waals surface area contributed by atoms with E-state index in [4.69, 9.17) is 0 Å². The molecule has 52 valence electrons. The van der Waals surface area contributed by atoms with Crippen molar-refractivity contribution in [2.75, 3.05) is 6.67 Å². The van der Waals surface area contributed by atoms with Gasteiger partial charge in [0.2, 0.25) is 6.67 Å². The molecule has 0 aliphatic carbocycles. The van der Waals surface area contributed by atoms with E-state index in [9.17, 15) is 20.2 Å². The summed E-state index contributed by atoms with van der Waals surface area (Å²) in [5, 5.41) is 17.1. The standard InChI is InChI=1S/CH4N4O4/c6-4(7)2-1-3-5(8)9/h2-3H,1H2. The zero-order valence-electron chi connectivity index (χ0n) is 4.23. The Kier molecular flexibility index (Phi) is 2.80. The summed E-state index contributed by atoms with van der Waals surface area (Å²) >= 11 is 0. The fraction of sp³-hybridized carbons (Fsp3) is 1.00. The van der Waals surface area contributed by atoms with Crippen LogP contribution in [0.15, 0.2) is 0 Å². The van der Waals surface area contributed by atoms with E-state index in [1.165, 1.54) is 0 Å². The van der Waals surface area contributed by atoms with Gasteiger partial charge in [0, 0.05) is 0 Å². The van der Waals surface area contributed by atoms with Gasteiger partial charge in [0.1, 0.15) is 0 Å². The van der Waals surface area contributed by atoms with Gasteiger partial charge in [-0.2, -0.15) is 0 Å². The van der Waals surface area contributed by atoms with Crippen LogP contribution in [0.25, 0.3) is 0 Å². The van der Waals surface area contributed by atoms with Gasteiger partial charge in [-0.25, -0.2) is 20.2 Å². The summed E-state index contributed by atoms with van der Waals surface area (Å²) in [5.74, 6) is 0. The molecule has 0 saturated heterocycles. The fourth-order valence-electron chi connectivity index (χ4n) is 0.164. The first-order valence-corrected chi connectivity index (χ1v) is 1.88. The van der Waals surface area contributed by atoms with Crippen molar-refractivity contribution in [3.05, 3.63) is 20.2 Å². The summed E-state index contributed by atoms with van der Waals surface area (Å²) in [4.78, 5) is 18.8. The molecule has 0 amide bonds. The molecular formula is CH4N4O4. The maximum absolute atomic E-state index is 9.41. The molecule has 0 aromatic carbocycles. The third kappa shape index (κ3) is 6.40. The molecule has 8 heteroatoms. The van der Waals surface area contributed by atoms with Crippen molar-refractivity contribution in [3.63, 3.8) is 0 Å². The quantitative estimate of drug-likeness (QED) is 0.276. The molecule has 0 aliphatic rings. The van der Waals surface area contributed by atoms with Crippen LogP contribution in [0.2, 0.25) is 0 Å². The molecule has 0 bridgehead atoms. The number of nitrogens with one attached hydrogen (secondary N) is 2. The number of hydrogen-bond acceptors (Lipinski definition) is 4. The Hall–Kier alpha value is -1.60. The molecule has 0 heterocycles. The zero-order chi connectivity index (χ0) is 7.28. The first-order valence-electron chi connectivity index (χ1n) is 1.88. The second kappa shape index (κ2) is 3.41. The molecule has 0 radical (unpaired) electrons. The Morgan fingerprint density at radius 1 is 1.11 bits per heavy atom. The smallest absolute Gasteiger partial charge is 0.201 e. The van der Waals surface area contributed by atoms with E-state index in [2.05, 4.69) is 0 Å². The van der Waals surface area contributed by atoms with Gasteiger partial charge in [-0.3, -0.25) is 0 Å². The molecule has 0 atom stereocenters. The van der Waals surface area contributed by atoms with Crippen LogP contribution in [0.4, 0.5) is 0 Å². The fourth-order valence-corrected chi connectivity index (χ4v) is 0.164. The largest absolute Gasteiger partial charge is 0.235 e. The molecule has 0 aromatic rings. The van der Waals surface area contributed by atoms with Crippen molar-refractivity contribution in [2.24, 2.45) is 0 Å². The van der Waals surface area contributed by atoms with Crippen molar-refractivity contribution in [1.82, 2.24) is 10.9 Å². The number of rotatable bonds is 4. The van der Waals surface area contributed by atoms with Gasteiger partial charge in [0.05, 0.1) is 0 Å². The van der Waals surface area contributed by atoms with Crippen molar-refractivity contribution >= 4 is 0 Å². The molecule has 0 aliphatic heterocycles. The lowest BCUT2D eigenvalue weighted by molar-refractivity contribution is -0.582. The van der Waals surface area contributed by atoms with Gasteiger partial charge < -0.3 is 0 Å². The summed E-state index contributed by atoms with van der Waals surface area (Å²) in [7, 11) is 0. The molecule has 2 N–H and O–H groups in total. The van der Waals surface area contributed by atoms with Crippen molar-refractivity contribution in [1.29, 1.82) is 0 Å². The van der Waals surface area contributed by atoms with E-state index in [1.807, 2.05) is 0 Å². The van der Waals surface area contributed by atoms with E-state index < -0.39 is 16.7 Å². The highest BCUT2D eigenvalue weighted by molar-refractivity contribution is 4.14. The minimum atomic E-state index is -0.878. The summed E-state index contributed by atoms with van der Waals surface area (Å²) in [6.07, 6.45) is 0.